The van der Waals surface area contributed by atoms with E-state index in [4.69, 9.17) is 9.15 Å². The lowest BCUT2D eigenvalue weighted by Gasteiger charge is -2.32. The minimum absolute atomic E-state index is 0.00582. The summed E-state index contributed by atoms with van der Waals surface area (Å²) in [5, 5.41) is 3.09. The SMILES string of the molecule is O=C(NC1CCN(C(=O)c2ccco2)CC1)c1ccccc1OCc1cccc(Br)c1. The largest absolute Gasteiger partial charge is 0.488 e. The van der Waals surface area contributed by atoms with Crippen LogP contribution in [0.4, 0.5) is 0 Å². The molecule has 1 aliphatic heterocycles. The van der Waals surface area contributed by atoms with Gasteiger partial charge in [0.25, 0.3) is 11.8 Å². The molecule has 1 N–H and O–H groups in total. The van der Waals surface area contributed by atoms with Gasteiger partial charge in [0.15, 0.2) is 5.76 Å². The summed E-state index contributed by atoms with van der Waals surface area (Å²) in [5.74, 6) is 0.617. The maximum absolute atomic E-state index is 12.9. The lowest BCUT2D eigenvalue weighted by molar-refractivity contribution is 0.0667. The monoisotopic (exact) mass is 482 g/mol. The average molecular weight is 483 g/mol. The summed E-state index contributed by atoms with van der Waals surface area (Å²) in [5.41, 5.74) is 1.52. The highest BCUT2D eigenvalue weighted by atomic mass is 79.9. The van der Waals surface area contributed by atoms with Gasteiger partial charge >= 0.3 is 0 Å². The van der Waals surface area contributed by atoms with Crippen LogP contribution >= 0.6 is 15.9 Å². The number of amides is 2. The maximum atomic E-state index is 12.9. The molecule has 1 fully saturated rings. The molecule has 7 heteroatoms. The minimum Gasteiger partial charge on any atom is -0.488 e. The third-order valence-corrected chi connectivity index (χ3v) is 5.76. The van der Waals surface area contributed by atoms with Crippen molar-refractivity contribution in [2.24, 2.45) is 0 Å². The van der Waals surface area contributed by atoms with Crippen LogP contribution in [0.25, 0.3) is 0 Å². The van der Waals surface area contributed by atoms with E-state index in [1.165, 1.54) is 6.26 Å². The first-order valence-electron chi connectivity index (χ1n) is 10.2. The molecule has 0 unspecified atom stereocenters. The van der Waals surface area contributed by atoms with Crippen LogP contribution in [0.15, 0.2) is 75.8 Å². The molecule has 3 aromatic rings. The van der Waals surface area contributed by atoms with Crippen molar-refractivity contribution < 1.29 is 18.7 Å². The van der Waals surface area contributed by atoms with Gasteiger partial charge < -0.3 is 19.4 Å². The molecule has 2 aromatic carbocycles. The predicted octanol–water partition coefficient (Wildman–Crippen LogP) is 4.66. The van der Waals surface area contributed by atoms with Crippen LogP contribution < -0.4 is 10.1 Å². The van der Waals surface area contributed by atoms with Gasteiger partial charge in [0, 0.05) is 23.6 Å². The van der Waals surface area contributed by atoms with E-state index in [1.54, 1.807) is 29.2 Å². The van der Waals surface area contributed by atoms with Gasteiger partial charge in [-0.25, -0.2) is 0 Å². The van der Waals surface area contributed by atoms with Gasteiger partial charge in [0.2, 0.25) is 0 Å². The van der Waals surface area contributed by atoms with Gasteiger partial charge in [-0.15, -0.1) is 0 Å². The number of benzene rings is 2. The van der Waals surface area contributed by atoms with Crippen molar-refractivity contribution in [1.29, 1.82) is 0 Å². The normalized spacial score (nSPS) is 14.3. The number of hydrogen-bond acceptors (Lipinski definition) is 4. The van der Waals surface area contributed by atoms with Gasteiger partial charge in [-0.05, 0) is 54.8 Å². The molecule has 0 aliphatic carbocycles. The Bertz CT molecular complexity index is 1040. The zero-order chi connectivity index (χ0) is 21.6. The highest BCUT2D eigenvalue weighted by molar-refractivity contribution is 9.10. The fourth-order valence-electron chi connectivity index (χ4n) is 3.61. The van der Waals surface area contributed by atoms with Crippen molar-refractivity contribution in [2.75, 3.05) is 13.1 Å². The lowest BCUT2D eigenvalue weighted by atomic mass is 10.0. The molecule has 1 aromatic heterocycles. The standard InChI is InChI=1S/C24H23BrN2O4/c25-18-6-3-5-17(15-18)16-31-21-8-2-1-7-20(21)23(28)26-19-10-12-27(13-11-19)24(29)22-9-4-14-30-22/h1-9,14-15,19H,10-13,16H2,(H,26,28). The Morgan fingerprint density at radius 1 is 1.06 bits per heavy atom. The molecular weight excluding hydrogens is 460 g/mol. The highest BCUT2D eigenvalue weighted by Gasteiger charge is 2.26. The Morgan fingerprint density at radius 3 is 2.61 bits per heavy atom. The van der Waals surface area contributed by atoms with E-state index < -0.39 is 0 Å². The van der Waals surface area contributed by atoms with Crippen LogP contribution in [0.5, 0.6) is 5.75 Å². The van der Waals surface area contributed by atoms with Gasteiger partial charge in [-0.2, -0.15) is 0 Å². The van der Waals surface area contributed by atoms with Crippen LogP contribution in [0.3, 0.4) is 0 Å². The van der Waals surface area contributed by atoms with E-state index in [0.29, 0.717) is 49.6 Å². The Hall–Kier alpha value is -3.06. The Morgan fingerprint density at radius 2 is 1.87 bits per heavy atom. The first-order valence-corrected chi connectivity index (χ1v) is 11.0. The van der Waals surface area contributed by atoms with Crippen molar-refractivity contribution in [1.82, 2.24) is 10.2 Å². The van der Waals surface area contributed by atoms with E-state index in [0.717, 1.165) is 10.0 Å². The van der Waals surface area contributed by atoms with Gasteiger partial charge in [0.1, 0.15) is 12.4 Å². The first kappa shape index (κ1) is 21.2. The van der Waals surface area contributed by atoms with E-state index in [-0.39, 0.29) is 17.9 Å². The number of likely N-dealkylation sites (tertiary alicyclic amines) is 1. The zero-order valence-corrected chi connectivity index (χ0v) is 18.5. The topological polar surface area (TPSA) is 71.8 Å². The van der Waals surface area contributed by atoms with Crippen molar-refractivity contribution in [3.8, 4) is 5.75 Å². The average Bonchev–Trinajstić information content (AvgIpc) is 3.33. The van der Waals surface area contributed by atoms with Crippen molar-refractivity contribution in [3.63, 3.8) is 0 Å². The predicted molar refractivity (Wildman–Crippen MR) is 120 cm³/mol. The second-order valence-corrected chi connectivity index (χ2v) is 8.35. The molecule has 2 amide bonds. The molecule has 0 saturated carbocycles. The first-order chi connectivity index (χ1) is 15.1. The number of hydrogen-bond donors (Lipinski definition) is 1. The van der Waals surface area contributed by atoms with Crippen LogP contribution in [0.1, 0.15) is 39.3 Å². The fourth-order valence-corrected chi connectivity index (χ4v) is 4.06. The van der Waals surface area contributed by atoms with Gasteiger partial charge in [0.05, 0.1) is 11.8 Å². The van der Waals surface area contributed by atoms with Crippen molar-refractivity contribution in [2.45, 2.75) is 25.5 Å². The number of carbonyl (C=O) groups is 2. The summed E-state index contributed by atoms with van der Waals surface area (Å²) < 4.78 is 12.1. The summed E-state index contributed by atoms with van der Waals surface area (Å²) in [6.45, 7) is 1.52. The van der Waals surface area contributed by atoms with Crippen molar-refractivity contribution in [3.05, 3.63) is 88.3 Å². The third kappa shape index (κ3) is 5.35. The van der Waals surface area contributed by atoms with E-state index in [2.05, 4.69) is 21.2 Å². The number of ether oxygens (including phenoxy) is 1. The van der Waals surface area contributed by atoms with Crippen LogP contribution in [-0.4, -0.2) is 35.8 Å². The van der Waals surface area contributed by atoms with Crippen molar-refractivity contribution >= 4 is 27.7 Å². The molecule has 2 heterocycles. The number of piperidine rings is 1. The summed E-state index contributed by atoms with van der Waals surface area (Å²) in [6, 6.07) is 18.5. The second kappa shape index (κ2) is 9.83. The smallest absolute Gasteiger partial charge is 0.289 e. The Balaban J connectivity index is 1.33. The highest BCUT2D eigenvalue weighted by Crippen LogP contribution is 2.22. The van der Waals surface area contributed by atoms with Crippen LogP contribution in [-0.2, 0) is 6.61 Å². The number of furan rings is 1. The molecule has 1 saturated heterocycles. The molecule has 6 nitrogen and oxygen atoms in total. The molecule has 4 rings (SSSR count). The quantitative estimate of drug-likeness (QED) is 0.554. The van der Waals surface area contributed by atoms with E-state index >= 15 is 0 Å². The van der Waals surface area contributed by atoms with Gasteiger partial charge in [-0.3, -0.25) is 9.59 Å². The molecule has 1 aliphatic rings. The van der Waals surface area contributed by atoms with Crippen LogP contribution in [0.2, 0.25) is 0 Å². The zero-order valence-electron chi connectivity index (χ0n) is 16.9. The minimum atomic E-state index is -0.166. The number of para-hydroxylation sites is 1. The molecule has 31 heavy (non-hydrogen) atoms. The number of nitrogens with one attached hydrogen (secondary N) is 1. The summed E-state index contributed by atoms with van der Waals surface area (Å²) in [6.07, 6.45) is 2.88. The van der Waals surface area contributed by atoms with Crippen LogP contribution in [0, 0.1) is 0 Å². The number of nitrogens with zero attached hydrogens (tertiary/aromatic N) is 1. The van der Waals surface area contributed by atoms with Gasteiger partial charge in [-0.1, -0.05) is 40.2 Å². The number of halogens is 1. The number of rotatable bonds is 6. The molecular formula is C24H23BrN2O4. The Labute approximate surface area is 189 Å². The fraction of sp³-hybridized carbons (Fsp3) is 0.250. The number of carbonyl (C=O) groups excluding carboxylic acids is 2. The molecule has 160 valence electrons. The van der Waals surface area contributed by atoms with E-state index in [1.807, 2.05) is 36.4 Å². The molecule has 0 bridgehead atoms. The third-order valence-electron chi connectivity index (χ3n) is 5.26. The molecule has 0 spiro atoms. The summed E-state index contributed by atoms with van der Waals surface area (Å²) in [7, 11) is 0. The summed E-state index contributed by atoms with van der Waals surface area (Å²) in [4.78, 5) is 27.1. The summed E-state index contributed by atoms with van der Waals surface area (Å²) >= 11 is 3.46. The van der Waals surface area contributed by atoms with E-state index in [9.17, 15) is 9.59 Å². The molecule has 0 atom stereocenters. The lowest BCUT2D eigenvalue weighted by Crippen LogP contribution is -2.46. The second-order valence-electron chi connectivity index (χ2n) is 7.43. The maximum Gasteiger partial charge on any atom is 0.289 e. The molecule has 0 radical (unpaired) electrons. The Kier molecular flexibility index (Phi) is 6.72.